The first-order valence-corrected chi connectivity index (χ1v) is 12.3. The molecule has 0 unspecified atom stereocenters. The van der Waals surface area contributed by atoms with Crippen molar-refractivity contribution in [1.82, 2.24) is 8.96 Å². The van der Waals surface area contributed by atoms with Crippen LogP contribution in [0.5, 0.6) is 0 Å². The summed E-state index contributed by atoms with van der Waals surface area (Å²) in [4.78, 5) is 15.3. The molecule has 4 rings (SSSR count). The van der Waals surface area contributed by atoms with E-state index >= 15 is 0 Å². The van der Waals surface area contributed by atoms with Gasteiger partial charge >= 0.3 is 5.69 Å². The van der Waals surface area contributed by atoms with Crippen LogP contribution in [0.25, 0.3) is 11.0 Å². The lowest BCUT2D eigenvalue weighted by Gasteiger charge is -2.28. The van der Waals surface area contributed by atoms with Crippen molar-refractivity contribution in [3.05, 3.63) is 57.3 Å². The lowest BCUT2D eigenvalue weighted by molar-refractivity contribution is -0.384. The summed E-state index contributed by atoms with van der Waals surface area (Å²) in [7, 11) is -3.93. The van der Waals surface area contributed by atoms with E-state index in [9.17, 15) is 18.5 Å². The summed E-state index contributed by atoms with van der Waals surface area (Å²) in [5.41, 5.74) is 0.197. The number of rotatable bonds is 6. The summed E-state index contributed by atoms with van der Waals surface area (Å²) in [6.45, 7) is 0. The average Bonchev–Trinajstić information content (AvgIpc) is 3.21. The molecule has 32 heavy (non-hydrogen) atoms. The van der Waals surface area contributed by atoms with Crippen LogP contribution in [0.3, 0.4) is 0 Å². The zero-order valence-corrected chi connectivity index (χ0v) is 19.3. The molecule has 2 aromatic heterocycles. The van der Waals surface area contributed by atoms with E-state index in [2.05, 4.69) is 32.3 Å². The van der Waals surface area contributed by atoms with Gasteiger partial charge in [-0.2, -0.15) is 5.26 Å². The van der Waals surface area contributed by atoms with Crippen molar-refractivity contribution in [2.75, 3.05) is 5.32 Å². The van der Waals surface area contributed by atoms with Crippen LogP contribution >= 0.6 is 15.9 Å². The largest absolute Gasteiger partial charge is 0.376 e. The second-order valence-electron chi connectivity index (χ2n) is 7.81. The highest BCUT2D eigenvalue weighted by Crippen LogP contribution is 2.36. The highest BCUT2D eigenvalue weighted by atomic mass is 79.9. The topological polar surface area (TPSA) is 131 Å². The Morgan fingerprint density at radius 1 is 1.22 bits per heavy atom. The molecule has 0 bridgehead atoms. The molecule has 1 fully saturated rings. The predicted molar refractivity (Wildman–Crippen MR) is 123 cm³/mol. The first kappa shape index (κ1) is 22.2. The number of nitro groups is 1. The van der Waals surface area contributed by atoms with Crippen LogP contribution in [-0.4, -0.2) is 28.3 Å². The first-order chi connectivity index (χ1) is 15.3. The van der Waals surface area contributed by atoms with Gasteiger partial charge in [-0.15, -0.1) is 0 Å². The molecule has 1 aliphatic rings. The average molecular weight is 518 g/mol. The summed E-state index contributed by atoms with van der Waals surface area (Å²) < 4.78 is 28.1. The molecule has 0 atom stereocenters. The molecule has 0 spiro atoms. The van der Waals surface area contributed by atoms with Gasteiger partial charge in [0.25, 0.3) is 10.0 Å². The Bertz CT molecular complexity index is 1310. The normalized spacial score (nSPS) is 18.9. The van der Waals surface area contributed by atoms with Gasteiger partial charge in [0.2, 0.25) is 0 Å². The van der Waals surface area contributed by atoms with E-state index in [1.54, 1.807) is 12.1 Å². The first-order valence-electron chi connectivity index (χ1n) is 10.1. The van der Waals surface area contributed by atoms with Crippen LogP contribution in [0.4, 0.5) is 11.4 Å². The smallest absolute Gasteiger partial charge is 0.311 e. The van der Waals surface area contributed by atoms with Gasteiger partial charge in [0.1, 0.15) is 11.9 Å². The van der Waals surface area contributed by atoms with Gasteiger partial charge in [0.05, 0.1) is 21.3 Å². The van der Waals surface area contributed by atoms with Gasteiger partial charge in [0, 0.05) is 23.1 Å². The number of anilines is 1. The fourth-order valence-electron chi connectivity index (χ4n) is 4.10. The number of aromatic nitrogens is 2. The minimum Gasteiger partial charge on any atom is -0.376 e. The Kier molecular flexibility index (Phi) is 6.17. The van der Waals surface area contributed by atoms with Gasteiger partial charge in [-0.1, -0.05) is 15.9 Å². The van der Waals surface area contributed by atoms with Gasteiger partial charge < -0.3 is 5.32 Å². The lowest BCUT2D eigenvalue weighted by Crippen LogP contribution is -2.26. The molecule has 9 nitrogen and oxygen atoms in total. The molecule has 1 aromatic carbocycles. The summed E-state index contributed by atoms with van der Waals surface area (Å²) in [5, 5.41) is 24.2. The second kappa shape index (κ2) is 8.88. The molecule has 11 heteroatoms. The minimum atomic E-state index is -3.93. The maximum Gasteiger partial charge on any atom is 0.311 e. The van der Waals surface area contributed by atoms with Gasteiger partial charge in [-0.05, 0) is 61.9 Å². The standard InChI is InChI=1S/C21H20BrN5O4S/c22-15-3-7-17(8-4-15)32(30,31)26-12-10-18-20(19(27(28)29)13-24-21(18)26)25-16-5-1-14(2-6-16)9-11-23/h3-4,7-8,10,12-14,16H,1-2,5-6,9H2,(H,24,25)/t14-,16-. The molecular weight excluding hydrogens is 498 g/mol. The van der Waals surface area contributed by atoms with E-state index in [4.69, 9.17) is 5.26 Å². The third kappa shape index (κ3) is 4.20. The minimum absolute atomic E-state index is 0.000624. The number of halogens is 1. The van der Waals surface area contributed by atoms with Crippen molar-refractivity contribution >= 4 is 48.4 Å². The summed E-state index contributed by atoms with van der Waals surface area (Å²) in [6.07, 6.45) is 6.28. The van der Waals surface area contributed by atoms with E-state index in [-0.39, 0.29) is 28.0 Å². The number of fused-ring (bicyclic) bond motifs is 1. The quantitative estimate of drug-likeness (QED) is 0.365. The van der Waals surface area contributed by atoms with E-state index in [0.717, 1.165) is 40.3 Å². The molecule has 1 aliphatic carbocycles. The van der Waals surface area contributed by atoms with Crippen LogP contribution < -0.4 is 5.32 Å². The fourth-order valence-corrected chi connectivity index (χ4v) is 5.67. The number of pyridine rings is 1. The molecule has 1 N–H and O–H groups in total. The Labute approximate surface area is 193 Å². The third-order valence-electron chi connectivity index (χ3n) is 5.80. The highest BCUT2D eigenvalue weighted by molar-refractivity contribution is 9.10. The zero-order chi connectivity index (χ0) is 22.9. The van der Waals surface area contributed by atoms with Crippen LogP contribution in [0, 0.1) is 27.4 Å². The summed E-state index contributed by atoms with van der Waals surface area (Å²) in [6, 6.07) is 9.97. The van der Waals surface area contributed by atoms with Crippen LogP contribution in [0.2, 0.25) is 0 Å². The van der Waals surface area contributed by atoms with Crippen LogP contribution in [-0.2, 0) is 10.0 Å². The van der Waals surface area contributed by atoms with Crippen LogP contribution in [0.15, 0.2) is 52.1 Å². The van der Waals surface area contributed by atoms with Crippen LogP contribution in [0.1, 0.15) is 32.1 Å². The van der Waals surface area contributed by atoms with E-state index in [1.165, 1.54) is 24.4 Å². The number of nitriles is 1. The zero-order valence-electron chi connectivity index (χ0n) is 16.9. The Hall–Kier alpha value is -2.97. The highest BCUT2D eigenvalue weighted by Gasteiger charge is 2.28. The van der Waals surface area contributed by atoms with E-state index in [0.29, 0.717) is 17.7 Å². The van der Waals surface area contributed by atoms with Crippen molar-refractivity contribution in [2.45, 2.75) is 43.0 Å². The Balaban J connectivity index is 1.72. The maximum absolute atomic E-state index is 13.2. The fraction of sp³-hybridized carbons (Fsp3) is 0.333. The maximum atomic E-state index is 13.2. The molecule has 0 aliphatic heterocycles. The number of hydrogen-bond donors (Lipinski definition) is 1. The molecule has 0 amide bonds. The van der Waals surface area contributed by atoms with Gasteiger partial charge in [0.15, 0.2) is 5.65 Å². The van der Waals surface area contributed by atoms with Gasteiger partial charge in [-0.3, -0.25) is 10.1 Å². The van der Waals surface area contributed by atoms with E-state index in [1.807, 2.05) is 0 Å². The second-order valence-corrected chi connectivity index (χ2v) is 10.5. The Morgan fingerprint density at radius 3 is 2.53 bits per heavy atom. The Morgan fingerprint density at radius 2 is 1.91 bits per heavy atom. The van der Waals surface area contributed by atoms with Crippen molar-refractivity contribution in [3.63, 3.8) is 0 Å². The van der Waals surface area contributed by atoms with E-state index < -0.39 is 14.9 Å². The number of benzene rings is 1. The predicted octanol–water partition coefficient (Wildman–Crippen LogP) is 4.83. The van der Waals surface area contributed by atoms with Gasteiger partial charge in [-0.25, -0.2) is 17.4 Å². The molecule has 0 saturated heterocycles. The van der Waals surface area contributed by atoms with Crippen molar-refractivity contribution < 1.29 is 13.3 Å². The lowest BCUT2D eigenvalue weighted by atomic mass is 9.84. The monoisotopic (exact) mass is 517 g/mol. The molecule has 0 radical (unpaired) electrons. The number of nitrogens with one attached hydrogen (secondary N) is 1. The van der Waals surface area contributed by atoms with Crippen molar-refractivity contribution in [1.29, 1.82) is 5.26 Å². The van der Waals surface area contributed by atoms with Crippen molar-refractivity contribution in [2.24, 2.45) is 5.92 Å². The molecule has 2 heterocycles. The number of hydrogen-bond acceptors (Lipinski definition) is 7. The molecule has 166 valence electrons. The molecule has 3 aromatic rings. The summed E-state index contributed by atoms with van der Waals surface area (Å²) in [5.74, 6) is 0.350. The molecule has 1 saturated carbocycles. The third-order valence-corrected chi connectivity index (χ3v) is 8.01. The molecular formula is C21H20BrN5O4S. The van der Waals surface area contributed by atoms with Crippen molar-refractivity contribution in [3.8, 4) is 6.07 Å². The number of nitrogens with zero attached hydrogens (tertiary/aromatic N) is 4. The SMILES string of the molecule is N#CC[C@H]1CC[C@H](Nc2c([N+](=O)[O-])cnc3c2ccn3S(=O)(=O)c2ccc(Br)cc2)CC1. The summed E-state index contributed by atoms with van der Waals surface area (Å²) >= 11 is 3.29.